The molecule has 1 fully saturated rings. The maximum atomic E-state index is 13.0. The number of methoxy groups -OCH3 is 1. The van der Waals surface area contributed by atoms with Gasteiger partial charge < -0.3 is 59.1 Å². The number of phenolic OH excluding ortho intramolecular Hbond substituents is 3. The quantitative estimate of drug-likeness (QED) is 0.155. The maximum absolute atomic E-state index is 13.0. The van der Waals surface area contributed by atoms with Crippen LogP contribution in [-0.4, -0.2) is 86.1 Å². The van der Waals surface area contributed by atoms with Crippen LogP contribution in [0.5, 0.6) is 34.5 Å². The minimum atomic E-state index is -1.82. The number of fused-ring (bicyclic) bond motifs is 1. The molecule has 0 unspecified atom stereocenters. The Bertz CT molecular complexity index is 1480. The van der Waals surface area contributed by atoms with E-state index in [0.717, 1.165) is 25.3 Å². The molecule has 0 spiro atoms. The van der Waals surface area contributed by atoms with Crippen molar-refractivity contribution in [2.24, 2.45) is 5.92 Å². The van der Waals surface area contributed by atoms with Crippen molar-refractivity contribution in [2.45, 2.75) is 44.6 Å². The van der Waals surface area contributed by atoms with E-state index in [0.29, 0.717) is 0 Å². The van der Waals surface area contributed by atoms with Gasteiger partial charge in [-0.15, -0.1) is 0 Å². The molecule has 1 saturated heterocycles. The zero-order valence-electron chi connectivity index (χ0n) is 21.5. The fourth-order valence-corrected chi connectivity index (χ4v) is 4.04. The van der Waals surface area contributed by atoms with E-state index in [1.54, 1.807) is 13.8 Å². The predicted octanol–water partition coefficient (Wildman–Crippen LogP) is 0.677. The summed E-state index contributed by atoms with van der Waals surface area (Å²) in [4.78, 5) is 24.8. The zero-order valence-corrected chi connectivity index (χ0v) is 21.5. The number of ether oxygens (including phenoxy) is 4. The molecule has 2 aromatic carbocycles. The molecule has 216 valence electrons. The predicted molar refractivity (Wildman–Crippen MR) is 134 cm³/mol. The monoisotopic (exact) mass is 564 g/mol. The highest BCUT2D eigenvalue weighted by Crippen LogP contribution is 2.45. The second-order valence-electron chi connectivity index (χ2n) is 9.36. The molecule has 7 N–H and O–H groups in total. The number of aliphatic hydroxyl groups excluding tert-OH is 3. The molecule has 1 aliphatic heterocycles. The third-order valence-electron chi connectivity index (χ3n) is 6.27. The molecule has 14 nitrogen and oxygen atoms in total. The van der Waals surface area contributed by atoms with Crippen LogP contribution in [0, 0.1) is 5.92 Å². The van der Waals surface area contributed by atoms with Gasteiger partial charge in [-0.05, 0) is 18.2 Å². The van der Waals surface area contributed by atoms with Gasteiger partial charge in [0.05, 0.1) is 13.0 Å². The smallest absolute Gasteiger partial charge is 0.308 e. The van der Waals surface area contributed by atoms with Gasteiger partial charge in [-0.2, -0.15) is 0 Å². The highest BCUT2D eigenvalue weighted by atomic mass is 16.7. The highest BCUT2D eigenvalue weighted by Gasteiger charge is 2.46. The molecular formula is C26H28O14. The van der Waals surface area contributed by atoms with Crippen LogP contribution in [0.4, 0.5) is 0 Å². The zero-order chi connectivity index (χ0) is 29.5. The summed E-state index contributed by atoms with van der Waals surface area (Å²) in [6.07, 6.45) is -8.26. The molecule has 3 aromatic rings. The van der Waals surface area contributed by atoms with Crippen LogP contribution in [0.1, 0.15) is 13.8 Å². The van der Waals surface area contributed by atoms with Crippen LogP contribution in [-0.2, 0) is 14.3 Å². The number of aliphatic hydroxyl groups is 3. The van der Waals surface area contributed by atoms with Crippen LogP contribution in [0.2, 0.25) is 0 Å². The first-order valence-corrected chi connectivity index (χ1v) is 12.0. The molecule has 1 aliphatic rings. The maximum Gasteiger partial charge on any atom is 0.308 e. The standard InChI is InChI=1S/C26H28O14/c1-9(2)25(35)37-8-15-17(29)20(32)22(34)26(40-15)39-14-7-13-16(19(31)24(14)36-3)18(30)21(33)23(38-13)10-4-5-11(27)12(28)6-10/h4-7,9,15,17,20,22,26-29,31-34H,8H2,1-3H3/t15-,17+,20-,22+,26+/m0/s1. The van der Waals surface area contributed by atoms with E-state index in [2.05, 4.69) is 0 Å². The van der Waals surface area contributed by atoms with E-state index < -0.39 is 94.5 Å². The van der Waals surface area contributed by atoms with E-state index in [9.17, 15) is 45.3 Å². The molecular weight excluding hydrogens is 536 g/mol. The number of carbonyl (C=O) groups excluding carboxylic acids is 1. The average Bonchev–Trinajstić information content (AvgIpc) is 2.91. The molecule has 0 aliphatic carbocycles. The number of hydrogen-bond acceptors (Lipinski definition) is 14. The second-order valence-corrected chi connectivity index (χ2v) is 9.36. The Kier molecular flexibility index (Phi) is 7.98. The van der Waals surface area contributed by atoms with Crippen molar-refractivity contribution in [3.63, 3.8) is 0 Å². The summed E-state index contributed by atoms with van der Waals surface area (Å²) in [6, 6.07) is 4.47. The molecule has 0 radical (unpaired) electrons. The van der Waals surface area contributed by atoms with Crippen molar-refractivity contribution >= 4 is 16.9 Å². The van der Waals surface area contributed by atoms with E-state index in [4.69, 9.17) is 23.4 Å². The third kappa shape index (κ3) is 5.16. The fraction of sp³-hybridized carbons (Fsp3) is 0.385. The minimum Gasteiger partial charge on any atom is -0.504 e. The summed E-state index contributed by atoms with van der Waals surface area (Å²) in [5, 5.41) is 71.4. The lowest BCUT2D eigenvalue weighted by molar-refractivity contribution is -0.278. The topological polar surface area (TPSA) is 226 Å². The van der Waals surface area contributed by atoms with Gasteiger partial charge in [-0.25, -0.2) is 0 Å². The summed E-state index contributed by atoms with van der Waals surface area (Å²) in [5.41, 5.74) is -1.39. The summed E-state index contributed by atoms with van der Waals surface area (Å²) in [6.45, 7) is 2.72. The Hall–Kier alpha value is -4.24. The van der Waals surface area contributed by atoms with Crippen molar-refractivity contribution in [1.82, 2.24) is 0 Å². The number of phenols is 3. The van der Waals surface area contributed by atoms with Crippen LogP contribution in [0.25, 0.3) is 22.3 Å². The van der Waals surface area contributed by atoms with Gasteiger partial charge in [0.15, 0.2) is 28.8 Å². The lowest BCUT2D eigenvalue weighted by Crippen LogP contribution is -2.60. The van der Waals surface area contributed by atoms with Crippen molar-refractivity contribution in [3.05, 3.63) is 34.5 Å². The van der Waals surface area contributed by atoms with E-state index >= 15 is 0 Å². The first kappa shape index (κ1) is 28.8. The number of rotatable bonds is 7. The van der Waals surface area contributed by atoms with Crippen LogP contribution < -0.4 is 14.9 Å². The van der Waals surface area contributed by atoms with E-state index in [1.165, 1.54) is 6.07 Å². The molecule has 1 aromatic heterocycles. The lowest BCUT2D eigenvalue weighted by Gasteiger charge is -2.40. The third-order valence-corrected chi connectivity index (χ3v) is 6.27. The van der Waals surface area contributed by atoms with Gasteiger partial charge in [-0.3, -0.25) is 9.59 Å². The molecule has 14 heteroatoms. The van der Waals surface area contributed by atoms with Crippen LogP contribution >= 0.6 is 0 Å². The Morgan fingerprint density at radius 2 is 1.68 bits per heavy atom. The Morgan fingerprint density at radius 3 is 2.30 bits per heavy atom. The average molecular weight is 564 g/mol. The van der Waals surface area contributed by atoms with Gasteiger partial charge in [0.25, 0.3) is 0 Å². The van der Waals surface area contributed by atoms with Crippen LogP contribution in [0.3, 0.4) is 0 Å². The van der Waals surface area contributed by atoms with Crippen LogP contribution in [0.15, 0.2) is 33.5 Å². The summed E-state index contributed by atoms with van der Waals surface area (Å²) >= 11 is 0. The number of hydrogen-bond donors (Lipinski definition) is 7. The second kappa shape index (κ2) is 11.1. The minimum absolute atomic E-state index is 0.00603. The van der Waals surface area contributed by atoms with E-state index in [-0.39, 0.29) is 16.9 Å². The normalized spacial score (nSPS) is 22.8. The Morgan fingerprint density at radius 1 is 0.975 bits per heavy atom. The van der Waals surface area contributed by atoms with E-state index in [1.807, 2.05) is 0 Å². The number of aromatic hydroxyl groups is 4. The Balaban J connectivity index is 1.74. The summed E-state index contributed by atoms with van der Waals surface area (Å²) < 4.78 is 27.1. The number of esters is 1. The van der Waals surface area contributed by atoms with Gasteiger partial charge >= 0.3 is 5.97 Å². The fourth-order valence-electron chi connectivity index (χ4n) is 4.04. The van der Waals surface area contributed by atoms with Gasteiger partial charge in [0, 0.05) is 11.6 Å². The number of benzene rings is 2. The van der Waals surface area contributed by atoms with Crippen molar-refractivity contribution in [2.75, 3.05) is 13.7 Å². The largest absolute Gasteiger partial charge is 0.504 e. The molecule has 0 amide bonds. The first-order chi connectivity index (χ1) is 18.8. The lowest BCUT2D eigenvalue weighted by atomic mass is 9.99. The SMILES string of the molecule is COc1c(O[C@@H]2O[C@@H](COC(=O)C(C)C)[C@@H](O)[C@H](O)[C@H]2O)cc2oc(-c3ccc(O)c(O)c3)c(O)c(=O)c2c1O. The summed E-state index contributed by atoms with van der Waals surface area (Å²) in [5.74, 6) is -4.97. The molecule has 40 heavy (non-hydrogen) atoms. The highest BCUT2D eigenvalue weighted by molar-refractivity contribution is 5.91. The van der Waals surface area contributed by atoms with Crippen molar-refractivity contribution in [3.8, 4) is 45.8 Å². The van der Waals surface area contributed by atoms with Gasteiger partial charge in [0.2, 0.25) is 23.2 Å². The molecule has 5 atom stereocenters. The van der Waals surface area contributed by atoms with Gasteiger partial charge in [0.1, 0.15) is 42.0 Å². The van der Waals surface area contributed by atoms with Gasteiger partial charge in [-0.1, -0.05) is 13.8 Å². The molecule has 2 heterocycles. The molecule has 0 saturated carbocycles. The summed E-state index contributed by atoms with van der Waals surface area (Å²) in [7, 11) is 1.13. The Labute approximate surface area is 225 Å². The number of carbonyl (C=O) groups is 1. The molecule has 0 bridgehead atoms. The van der Waals surface area contributed by atoms with Crippen molar-refractivity contribution < 1.29 is 63.9 Å². The first-order valence-electron chi connectivity index (χ1n) is 12.0. The molecule has 4 rings (SSSR count). The van der Waals surface area contributed by atoms with Crippen molar-refractivity contribution in [1.29, 1.82) is 0 Å².